The Morgan fingerprint density at radius 3 is 1.91 bits per heavy atom. The lowest BCUT2D eigenvalue weighted by Crippen LogP contribution is -2.13. The number of rotatable bonds is 16. The van der Waals surface area contributed by atoms with Crippen LogP contribution >= 0.6 is 0 Å². The Balaban J connectivity index is 5.14. The van der Waals surface area contributed by atoms with Crippen molar-refractivity contribution in [2.45, 2.75) is 46.1 Å². The number of ether oxygens (including phenoxy) is 1. The molecule has 33 heavy (non-hydrogen) atoms. The summed E-state index contributed by atoms with van der Waals surface area (Å²) in [4.78, 5) is 0. The number of allylic oxidation sites excluding steroid dienone is 11. The normalized spacial score (nSPS) is 13.5. The van der Waals surface area contributed by atoms with Gasteiger partial charge in [-0.2, -0.15) is 0 Å². The Bertz CT molecular complexity index is 894. The van der Waals surface area contributed by atoms with Crippen molar-refractivity contribution in [1.29, 1.82) is 0 Å². The molecule has 0 aromatic carbocycles. The van der Waals surface area contributed by atoms with Crippen LogP contribution in [0.1, 0.15) is 40.0 Å². The van der Waals surface area contributed by atoms with Gasteiger partial charge < -0.3 is 4.74 Å². The molecule has 0 aliphatic carbocycles. The van der Waals surface area contributed by atoms with Gasteiger partial charge in [0.05, 0.1) is 6.10 Å². The van der Waals surface area contributed by atoms with Gasteiger partial charge in [0.2, 0.25) is 0 Å². The first-order valence-electron chi connectivity index (χ1n) is 10.8. The maximum Gasteiger partial charge on any atom is 0.166 e. The summed E-state index contributed by atoms with van der Waals surface area (Å²) in [6.07, 6.45) is 6.98. The zero-order valence-corrected chi connectivity index (χ0v) is 20.3. The number of hydrogen-bond acceptors (Lipinski definition) is 1. The molecular weight excluding hydrogens is 421 g/mol. The van der Waals surface area contributed by atoms with Crippen molar-refractivity contribution >= 4 is 0 Å². The average Bonchev–Trinajstić information content (AvgIpc) is 2.78. The molecule has 0 radical (unpaired) electrons. The Labute approximate surface area is 198 Å². The highest BCUT2D eigenvalue weighted by molar-refractivity contribution is 5.53. The minimum absolute atomic E-state index is 0.0275. The van der Waals surface area contributed by atoms with Crippen LogP contribution in [0.5, 0.6) is 0 Å². The Kier molecular flexibility index (Phi) is 13.8. The fraction of sp³-hybridized carbons (Fsp3) is 0.310. The van der Waals surface area contributed by atoms with E-state index in [0.717, 1.165) is 0 Å². The van der Waals surface area contributed by atoms with Gasteiger partial charge in [-0.25, -0.2) is 13.2 Å². The topological polar surface area (TPSA) is 9.23 Å². The Morgan fingerprint density at radius 1 is 0.848 bits per heavy atom. The number of unbranched alkanes of at least 4 members (excludes halogenated alkanes) is 1. The summed E-state index contributed by atoms with van der Waals surface area (Å²) in [6.45, 7) is 32.1. The van der Waals surface area contributed by atoms with Gasteiger partial charge in [-0.15, -0.1) is 6.58 Å². The lowest BCUT2D eigenvalue weighted by Gasteiger charge is -2.15. The highest BCUT2D eigenvalue weighted by atomic mass is 19.2. The summed E-state index contributed by atoms with van der Waals surface area (Å²) in [5.74, 6) is -2.45. The molecule has 180 valence electrons. The number of halogens is 3. The zero-order valence-electron chi connectivity index (χ0n) is 20.3. The van der Waals surface area contributed by atoms with E-state index in [9.17, 15) is 13.2 Å². The fourth-order valence-electron chi connectivity index (χ4n) is 2.36. The van der Waals surface area contributed by atoms with Gasteiger partial charge in [0.25, 0.3) is 0 Å². The predicted octanol–water partition coefficient (Wildman–Crippen LogP) is 9.30. The van der Waals surface area contributed by atoms with E-state index in [2.05, 4.69) is 46.1 Å². The fourth-order valence-corrected chi connectivity index (χ4v) is 2.36. The summed E-state index contributed by atoms with van der Waals surface area (Å²) in [5, 5.41) is 0. The van der Waals surface area contributed by atoms with Crippen LogP contribution in [0.25, 0.3) is 0 Å². The summed E-state index contributed by atoms with van der Waals surface area (Å²) < 4.78 is 48.9. The first kappa shape index (κ1) is 30.2. The molecule has 0 aromatic heterocycles. The highest BCUT2D eigenvalue weighted by Crippen LogP contribution is 2.29. The molecule has 1 unspecified atom stereocenters. The molecule has 1 atom stereocenters. The van der Waals surface area contributed by atoms with Gasteiger partial charge in [0.15, 0.2) is 11.7 Å². The lowest BCUT2D eigenvalue weighted by atomic mass is 10.0. The summed E-state index contributed by atoms with van der Waals surface area (Å²) in [6, 6.07) is 0. The van der Waals surface area contributed by atoms with Crippen molar-refractivity contribution in [3.8, 4) is 0 Å². The largest absolute Gasteiger partial charge is 0.374 e. The highest BCUT2D eigenvalue weighted by Gasteiger charge is 2.15. The van der Waals surface area contributed by atoms with Crippen molar-refractivity contribution < 1.29 is 17.9 Å². The summed E-state index contributed by atoms with van der Waals surface area (Å²) in [5.41, 5.74) is 0.649. The van der Waals surface area contributed by atoms with E-state index >= 15 is 0 Å². The minimum atomic E-state index is -1.13. The standard InChI is InChI=1S/C29H37F3O/c1-11-12-13-14-22(6)28(31)29(32)25(9)21(5)16-15-20(4)24(8)27(30)17-23(7)26(10)33-18-19(2)3/h11,15-17,19,26H,1,4-9,12-14,18H2,2-3,10H3/b16-15-,27-17+,29-28-. The molecular formula is C29H37F3O. The molecule has 0 saturated heterocycles. The van der Waals surface area contributed by atoms with E-state index in [1.807, 2.05) is 13.8 Å². The molecule has 0 aromatic rings. The van der Waals surface area contributed by atoms with E-state index in [-0.39, 0.29) is 34.0 Å². The minimum Gasteiger partial charge on any atom is -0.374 e. The Morgan fingerprint density at radius 2 is 1.39 bits per heavy atom. The van der Waals surface area contributed by atoms with Crippen LogP contribution in [-0.4, -0.2) is 12.7 Å². The van der Waals surface area contributed by atoms with Crippen LogP contribution in [0.3, 0.4) is 0 Å². The van der Waals surface area contributed by atoms with E-state index < -0.39 is 17.5 Å². The third-order valence-electron chi connectivity index (χ3n) is 4.72. The van der Waals surface area contributed by atoms with Crippen LogP contribution in [0.15, 0.2) is 121 Å². The van der Waals surface area contributed by atoms with Gasteiger partial charge in [-0.05, 0) is 60.5 Å². The molecule has 1 nitrogen and oxygen atoms in total. The average molecular weight is 459 g/mol. The summed E-state index contributed by atoms with van der Waals surface area (Å²) >= 11 is 0. The molecule has 4 heteroatoms. The van der Waals surface area contributed by atoms with Crippen LogP contribution in [0, 0.1) is 5.92 Å². The zero-order chi connectivity index (χ0) is 25.7. The smallest absolute Gasteiger partial charge is 0.166 e. The van der Waals surface area contributed by atoms with Crippen molar-refractivity contribution in [1.82, 2.24) is 0 Å². The van der Waals surface area contributed by atoms with Gasteiger partial charge in [0, 0.05) is 17.8 Å². The number of hydrogen-bond donors (Lipinski definition) is 0. The third kappa shape index (κ3) is 11.0. The van der Waals surface area contributed by atoms with E-state index in [1.165, 1.54) is 18.2 Å². The second-order valence-electron chi connectivity index (χ2n) is 8.19. The van der Waals surface area contributed by atoms with Crippen molar-refractivity contribution in [2.75, 3.05) is 6.61 Å². The lowest BCUT2D eigenvalue weighted by molar-refractivity contribution is 0.0715. The monoisotopic (exact) mass is 458 g/mol. The predicted molar refractivity (Wildman–Crippen MR) is 137 cm³/mol. The first-order chi connectivity index (χ1) is 15.3. The molecule has 0 aliphatic heterocycles. The van der Waals surface area contributed by atoms with Gasteiger partial charge >= 0.3 is 0 Å². The maximum absolute atomic E-state index is 14.6. The SMILES string of the molecule is C=CCCCC(=C)/C(F)=C(/F)C(=C)C(=C)/C=C\C(=C)C(=C)/C(F)=C\C(=C)C(C)OCC(C)C. The molecule has 0 spiro atoms. The first-order valence-corrected chi connectivity index (χ1v) is 10.8. The second-order valence-corrected chi connectivity index (χ2v) is 8.19. The molecule has 0 rings (SSSR count). The Hall–Kier alpha value is -2.85. The van der Waals surface area contributed by atoms with Gasteiger partial charge in [0.1, 0.15) is 5.83 Å². The van der Waals surface area contributed by atoms with Gasteiger partial charge in [-0.3, -0.25) is 0 Å². The van der Waals surface area contributed by atoms with Gasteiger partial charge in [-0.1, -0.05) is 71.5 Å². The molecule has 0 N–H and O–H groups in total. The molecule has 0 heterocycles. The third-order valence-corrected chi connectivity index (χ3v) is 4.72. The van der Waals surface area contributed by atoms with Crippen LogP contribution in [0.2, 0.25) is 0 Å². The molecule has 0 amide bonds. The quantitative estimate of drug-likeness (QED) is 0.127. The van der Waals surface area contributed by atoms with Crippen LogP contribution < -0.4 is 0 Å². The van der Waals surface area contributed by atoms with Crippen molar-refractivity contribution in [3.63, 3.8) is 0 Å². The van der Waals surface area contributed by atoms with Crippen molar-refractivity contribution in [3.05, 3.63) is 121 Å². The molecule has 0 aliphatic rings. The molecule has 0 bridgehead atoms. The van der Waals surface area contributed by atoms with Crippen LogP contribution in [-0.2, 0) is 4.74 Å². The molecule has 0 saturated carbocycles. The second kappa shape index (κ2) is 15.1. The summed E-state index contributed by atoms with van der Waals surface area (Å²) in [7, 11) is 0. The van der Waals surface area contributed by atoms with E-state index in [4.69, 9.17) is 4.74 Å². The van der Waals surface area contributed by atoms with E-state index in [0.29, 0.717) is 37.4 Å². The van der Waals surface area contributed by atoms with Crippen molar-refractivity contribution in [2.24, 2.45) is 5.92 Å². The van der Waals surface area contributed by atoms with E-state index in [1.54, 1.807) is 13.0 Å². The van der Waals surface area contributed by atoms with Crippen LogP contribution in [0.4, 0.5) is 13.2 Å². The molecule has 0 fully saturated rings. The maximum atomic E-state index is 14.6.